The zero-order chi connectivity index (χ0) is 12.8. The molecule has 1 saturated carbocycles. The van der Waals surface area contributed by atoms with Gasteiger partial charge in [0, 0.05) is 17.1 Å². The Morgan fingerprint density at radius 3 is 2.72 bits per heavy atom. The largest absolute Gasteiger partial charge is 0.313 e. The Labute approximate surface area is 114 Å². The second-order valence-corrected chi connectivity index (χ2v) is 5.64. The maximum atomic E-state index is 13.5. The van der Waals surface area contributed by atoms with Crippen LogP contribution >= 0.6 is 11.6 Å². The van der Waals surface area contributed by atoms with Gasteiger partial charge in [0.25, 0.3) is 0 Å². The molecule has 0 aromatic heterocycles. The number of hydrogen-bond acceptors (Lipinski definition) is 1. The molecule has 1 aliphatic rings. The van der Waals surface area contributed by atoms with Gasteiger partial charge in [-0.05, 0) is 31.0 Å². The molecule has 1 aromatic rings. The minimum Gasteiger partial charge on any atom is -0.313 e. The van der Waals surface area contributed by atoms with E-state index >= 15 is 0 Å². The van der Waals surface area contributed by atoms with Crippen molar-refractivity contribution in [3.8, 4) is 0 Å². The summed E-state index contributed by atoms with van der Waals surface area (Å²) < 4.78 is 13.5. The van der Waals surface area contributed by atoms with E-state index in [1.807, 2.05) is 0 Å². The minimum atomic E-state index is -0.215. The number of rotatable bonds is 5. The van der Waals surface area contributed by atoms with E-state index in [1.54, 1.807) is 12.1 Å². The van der Waals surface area contributed by atoms with E-state index in [2.05, 4.69) is 5.32 Å². The molecule has 0 heterocycles. The van der Waals surface area contributed by atoms with E-state index < -0.39 is 0 Å². The lowest BCUT2D eigenvalue weighted by Gasteiger charge is -2.21. The molecule has 1 aliphatic carbocycles. The molecule has 2 rings (SSSR count). The fraction of sp³-hybridized carbons (Fsp3) is 0.600. The third-order valence-electron chi connectivity index (χ3n) is 3.78. The third kappa shape index (κ3) is 4.25. The average Bonchev–Trinajstić information content (AvgIpc) is 2.38. The van der Waals surface area contributed by atoms with Gasteiger partial charge in [0.2, 0.25) is 0 Å². The van der Waals surface area contributed by atoms with Crippen molar-refractivity contribution in [2.75, 3.05) is 6.54 Å². The molecule has 0 atom stereocenters. The van der Waals surface area contributed by atoms with Crippen LogP contribution < -0.4 is 5.32 Å². The lowest BCUT2D eigenvalue weighted by atomic mass is 9.87. The molecule has 3 heteroatoms. The predicted octanol–water partition coefficient (Wildman–Crippen LogP) is 4.54. The zero-order valence-corrected chi connectivity index (χ0v) is 11.5. The van der Waals surface area contributed by atoms with Crippen molar-refractivity contribution in [3.05, 3.63) is 34.6 Å². The quantitative estimate of drug-likeness (QED) is 0.774. The summed E-state index contributed by atoms with van der Waals surface area (Å²) in [6, 6.07) is 4.87. The molecule has 1 aromatic carbocycles. The van der Waals surface area contributed by atoms with Crippen molar-refractivity contribution in [2.24, 2.45) is 5.92 Å². The lowest BCUT2D eigenvalue weighted by molar-refractivity contribution is 0.333. The van der Waals surface area contributed by atoms with Crippen LogP contribution in [0.2, 0.25) is 5.02 Å². The molecule has 0 bridgehead atoms. The summed E-state index contributed by atoms with van der Waals surface area (Å²) >= 11 is 5.72. The average molecular weight is 270 g/mol. The molecule has 18 heavy (non-hydrogen) atoms. The first-order valence-electron chi connectivity index (χ1n) is 6.90. The van der Waals surface area contributed by atoms with Gasteiger partial charge in [0.05, 0.1) is 0 Å². The second-order valence-electron chi connectivity index (χ2n) is 5.21. The van der Waals surface area contributed by atoms with Crippen molar-refractivity contribution in [1.29, 1.82) is 0 Å². The molecule has 0 aliphatic heterocycles. The fourth-order valence-electron chi connectivity index (χ4n) is 2.67. The van der Waals surface area contributed by atoms with Crippen molar-refractivity contribution < 1.29 is 4.39 Å². The summed E-state index contributed by atoms with van der Waals surface area (Å²) in [6.07, 6.45) is 8.13. The molecule has 0 spiro atoms. The number of halogens is 2. The Kier molecular flexibility index (Phi) is 5.45. The van der Waals surface area contributed by atoms with E-state index in [0.29, 0.717) is 17.1 Å². The monoisotopic (exact) mass is 269 g/mol. The molecule has 0 radical (unpaired) electrons. The van der Waals surface area contributed by atoms with Gasteiger partial charge in [-0.2, -0.15) is 0 Å². The molecule has 1 fully saturated rings. The van der Waals surface area contributed by atoms with E-state index in [9.17, 15) is 4.39 Å². The summed E-state index contributed by atoms with van der Waals surface area (Å²) in [5.41, 5.74) is 0.697. The highest BCUT2D eigenvalue weighted by Crippen LogP contribution is 2.25. The predicted molar refractivity (Wildman–Crippen MR) is 74.3 cm³/mol. The third-order valence-corrected chi connectivity index (χ3v) is 4.02. The Morgan fingerprint density at radius 1 is 1.22 bits per heavy atom. The highest BCUT2D eigenvalue weighted by molar-refractivity contribution is 6.30. The van der Waals surface area contributed by atoms with Crippen molar-refractivity contribution >= 4 is 11.6 Å². The van der Waals surface area contributed by atoms with Gasteiger partial charge in [-0.1, -0.05) is 49.8 Å². The highest BCUT2D eigenvalue weighted by Gasteiger charge is 2.12. The van der Waals surface area contributed by atoms with Gasteiger partial charge < -0.3 is 5.32 Å². The van der Waals surface area contributed by atoms with Gasteiger partial charge in [0.15, 0.2) is 0 Å². The Balaban J connectivity index is 1.68. The second kappa shape index (κ2) is 7.10. The van der Waals surface area contributed by atoms with Crippen molar-refractivity contribution in [3.63, 3.8) is 0 Å². The number of hydrogen-bond donors (Lipinski definition) is 1. The van der Waals surface area contributed by atoms with E-state index in [1.165, 1.54) is 44.6 Å². The maximum Gasteiger partial charge on any atom is 0.129 e. The van der Waals surface area contributed by atoms with Gasteiger partial charge >= 0.3 is 0 Å². The van der Waals surface area contributed by atoms with Gasteiger partial charge in [-0.15, -0.1) is 0 Å². The fourth-order valence-corrected chi connectivity index (χ4v) is 2.83. The van der Waals surface area contributed by atoms with Gasteiger partial charge in [0.1, 0.15) is 5.82 Å². The molecule has 0 saturated heterocycles. The Hall–Kier alpha value is -0.600. The summed E-state index contributed by atoms with van der Waals surface area (Å²) in [5.74, 6) is 0.661. The Morgan fingerprint density at radius 2 is 2.00 bits per heavy atom. The first-order valence-corrected chi connectivity index (χ1v) is 7.28. The van der Waals surface area contributed by atoms with E-state index in [4.69, 9.17) is 11.6 Å². The van der Waals surface area contributed by atoms with Crippen LogP contribution in [0.15, 0.2) is 18.2 Å². The lowest BCUT2D eigenvalue weighted by Crippen LogP contribution is -2.19. The number of nitrogens with one attached hydrogen (secondary N) is 1. The van der Waals surface area contributed by atoms with Crippen LogP contribution in [0.3, 0.4) is 0 Å². The molecule has 0 unspecified atom stereocenters. The zero-order valence-electron chi connectivity index (χ0n) is 10.7. The molecular weight excluding hydrogens is 249 g/mol. The number of benzene rings is 1. The van der Waals surface area contributed by atoms with Crippen LogP contribution in [0.1, 0.15) is 44.1 Å². The van der Waals surface area contributed by atoms with Crippen molar-refractivity contribution in [2.45, 2.75) is 45.1 Å². The molecular formula is C15H21ClFN. The molecule has 100 valence electrons. The maximum absolute atomic E-state index is 13.5. The van der Waals surface area contributed by atoms with Crippen LogP contribution in [0.5, 0.6) is 0 Å². The van der Waals surface area contributed by atoms with E-state index in [0.717, 1.165) is 12.5 Å². The van der Waals surface area contributed by atoms with E-state index in [-0.39, 0.29) is 5.82 Å². The smallest absolute Gasteiger partial charge is 0.129 e. The van der Waals surface area contributed by atoms with Crippen LogP contribution in [0.4, 0.5) is 4.39 Å². The summed E-state index contributed by atoms with van der Waals surface area (Å²) in [6.45, 7) is 1.57. The summed E-state index contributed by atoms with van der Waals surface area (Å²) in [5, 5.41) is 3.78. The van der Waals surface area contributed by atoms with Gasteiger partial charge in [-0.3, -0.25) is 0 Å². The van der Waals surface area contributed by atoms with Crippen molar-refractivity contribution in [1.82, 2.24) is 5.32 Å². The SMILES string of the molecule is Fc1cc(Cl)ccc1CNCCC1CCCCC1. The molecule has 1 nitrogen and oxygen atoms in total. The standard InChI is InChI=1S/C15H21ClFN/c16-14-7-6-13(15(17)10-14)11-18-9-8-12-4-2-1-3-5-12/h6-7,10,12,18H,1-5,8-9,11H2. The normalized spacial score (nSPS) is 17.0. The summed E-state index contributed by atoms with van der Waals surface area (Å²) in [4.78, 5) is 0. The van der Waals surface area contributed by atoms with Crippen LogP contribution in [0.25, 0.3) is 0 Å². The Bertz CT molecular complexity index is 375. The van der Waals surface area contributed by atoms with Crippen LogP contribution in [-0.2, 0) is 6.54 Å². The van der Waals surface area contributed by atoms with Crippen LogP contribution in [-0.4, -0.2) is 6.54 Å². The molecule has 1 N–H and O–H groups in total. The first-order chi connectivity index (χ1) is 8.75. The topological polar surface area (TPSA) is 12.0 Å². The highest BCUT2D eigenvalue weighted by atomic mass is 35.5. The first kappa shape index (κ1) is 13.8. The van der Waals surface area contributed by atoms with Gasteiger partial charge in [-0.25, -0.2) is 4.39 Å². The minimum absolute atomic E-state index is 0.215. The van der Waals surface area contributed by atoms with Crippen LogP contribution in [0, 0.1) is 11.7 Å². The molecule has 0 amide bonds. The summed E-state index contributed by atoms with van der Waals surface area (Å²) in [7, 11) is 0.